The molecule has 0 aliphatic heterocycles. The second-order valence-electron chi connectivity index (χ2n) is 5.45. The summed E-state index contributed by atoms with van der Waals surface area (Å²) in [6.07, 6.45) is 5.32. The van der Waals surface area contributed by atoms with Crippen molar-refractivity contribution in [3.05, 3.63) is 29.8 Å². The summed E-state index contributed by atoms with van der Waals surface area (Å²) in [5, 5.41) is 13.0. The van der Waals surface area contributed by atoms with E-state index in [0.717, 1.165) is 5.92 Å². The van der Waals surface area contributed by atoms with Crippen molar-refractivity contribution in [1.29, 1.82) is 0 Å². The summed E-state index contributed by atoms with van der Waals surface area (Å²) < 4.78 is 0. The largest absolute Gasteiger partial charge is 0.508 e. The third-order valence-corrected chi connectivity index (χ3v) is 3.82. The fourth-order valence-corrected chi connectivity index (χ4v) is 2.80. The number of hydrogen-bond acceptors (Lipinski definition) is 2. The molecule has 3 atom stereocenters. The number of hydrogen-bond donors (Lipinski definition) is 2. The first-order valence-electron chi connectivity index (χ1n) is 6.70. The van der Waals surface area contributed by atoms with Gasteiger partial charge < -0.3 is 10.4 Å². The lowest BCUT2D eigenvalue weighted by Crippen LogP contribution is -2.35. The van der Waals surface area contributed by atoms with E-state index in [9.17, 15) is 5.11 Å². The van der Waals surface area contributed by atoms with Gasteiger partial charge in [-0.05, 0) is 43.4 Å². The van der Waals surface area contributed by atoms with Crippen molar-refractivity contribution in [2.45, 2.75) is 51.6 Å². The molecular weight excluding hydrogens is 210 g/mol. The van der Waals surface area contributed by atoms with Crippen molar-refractivity contribution in [3.8, 4) is 5.75 Å². The Kier molecular flexibility index (Phi) is 4.06. The number of rotatable bonds is 3. The number of benzene rings is 1. The molecule has 0 spiro atoms. The minimum atomic E-state index is 0.340. The van der Waals surface area contributed by atoms with Crippen LogP contribution in [0.4, 0.5) is 0 Å². The molecule has 94 valence electrons. The lowest BCUT2D eigenvalue weighted by atomic mass is 9.86. The Morgan fingerprint density at radius 1 is 1.24 bits per heavy atom. The third-order valence-electron chi connectivity index (χ3n) is 3.82. The van der Waals surface area contributed by atoms with Crippen LogP contribution in [0, 0.1) is 5.92 Å². The lowest BCUT2D eigenvalue weighted by molar-refractivity contribution is 0.285. The molecule has 1 saturated carbocycles. The SMILES string of the molecule is CC1CCCC(NC(C)c2ccc(O)cc2)C1. The van der Waals surface area contributed by atoms with Gasteiger partial charge in [-0.25, -0.2) is 0 Å². The van der Waals surface area contributed by atoms with Gasteiger partial charge in [0.15, 0.2) is 0 Å². The summed E-state index contributed by atoms with van der Waals surface area (Å²) in [6.45, 7) is 4.55. The molecule has 0 bridgehead atoms. The molecule has 1 fully saturated rings. The fraction of sp³-hybridized carbons (Fsp3) is 0.600. The molecule has 0 saturated heterocycles. The smallest absolute Gasteiger partial charge is 0.115 e. The van der Waals surface area contributed by atoms with Gasteiger partial charge in [0.05, 0.1) is 0 Å². The van der Waals surface area contributed by atoms with Gasteiger partial charge in [0, 0.05) is 12.1 Å². The van der Waals surface area contributed by atoms with E-state index in [-0.39, 0.29) is 0 Å². The Labute approximate surface area is 104 Å². The Morgan fingerprint density at radius 2 is 1.94 bits per heavy atom. The summed E-state index contributed by atoms with van der Waals surface area (Å²) in [6, 6.07) is 8.54. The minimum absolute atomic E-state index is 0.340. The zero-order chi connectivity index (χ0) is 12.3. The normalized spacial score (nSPS) is 26.7. The van der Waals surface area contributed by atoms with E-state index in [1.807, 2.05) is 12.1 Å². The van der Waals surface area contributed by atoms with Crippen molar-refractivity contribution in [2.24, 2.45) is 5.92 Å². The summed E-state index contributed by atoms with van der Waals surface area (Å²) in [5.74, 6) is 1.19. The molecule has 2 nitrogen and oxygen atoms in total. The van der Waals surface area contributed by atoms with Gasteiger partial charge in [0.1, 0.15) is 5.75 Å². The van der Waals surface area contributed by atoms with E-state index in [1.165, 1.54) is 31.2 Å². The first-order chi connectivity index (χ1) is 8.15. The second kappa shape index (κ2) is 5.54. The molecule has 0 amide bonds. The van der Waals surface area contributed by atoms with Crippen LogP contribution in [0.25, 0.3) is 0 Å². The van der Waals surface area contributed by atoms with Gasteiger partial charge in [0.2, 0.25) is 0 Å². The fourth-order valence-electron chi connectivity index (χ4n) is 2.80. The van der Waals surface area contributed by atoms with E-state index in [1.54, 1.807) is 12.1 Å². The molecule has 17 heavy (non-hydrogen) atoms. The van der Waals surface area contributed by atoms with Crippen molar-refractivity contribution in [3.63, 3.8) is 0 Å². The molecule has 2 heteroatoms. The molecule has 2 rings (SSSR count). The Hall–Kier alpha value is -1.02. The molecule has 0 radical (unpaired) electrons. The summed E-state index contributed by atoms with van der Waals surface area (Å²) in [7, 11) is 0. The first kappa shape index (κ1) is 12.4. The van der Waals surface area contributed by atoms with Gasteiger partial charge in [-0.15, -0.1) is 0 Å². The van der Waals surface area contributed by atoms with Crippen molar-refractivity contribution < 1.29 is 5.11 Å². The highest BCUT2D eigenvalue weighted by Gasteiger charge is 2.20. The van der Waals surface area contributed by atoms with Crippen LogP contribution in [0.3, 0.4) is 0 Å². The number of nitrogens with one attached hydrogen (secondary N) is 1. The Morgan fingerprint density at radius 3 is 2.59 bits per heavy atom. The van der Waals surface area contributed by atoms with Crippen LogP contribution in [0.15, 0.2) is 24.3 Å². The molecule has 2 N–H and O–H groups in total. The minimum Gasteiger partial charge on any atom is -0.508 e. The van der Waals surface area contributed by atoms with Crippen LogP contribution < -0.4 is 5.32 Å². The topological polar surface area (TPSA) is 32.3 Å². The van der Waals surface area contributed by atoms with Crippen LogP contribution >= 0.6 is 0 Å². The maximum Gasteiger partial charge on any atom is 0.115 e. The first-order valence-corrected chi connectivity index (χ1v) is 6.70. The molecular formula is C15H23NO. The summed E-state index contributed by atoms with van der Waals surface area (Å²) in [4.78, 5) is 0. The average Bonchev–Trinajstić information content (AvgIpc) is 2.29. The van der Waals surface area contributed by atoms with E-state index in [0.29, 0.717) is 17.8 Å². The van der Waals surface area contributed by atoms with Crippen LogP contribution in [0.2, 0.25) is 0 Å². The van der Waals surface area contributed by atoms with Gasteiger partial charge in [-0.3, -0.25) is 0 Å². The van der Waals surface area contributed by atoms with Crippen LogP contribution in [0.5, 0.6) is 5.75 Å². The Bertz CT molecular complexity index is 346. The zero-order valence-corrected chi connectivity index (χ0v) is 10.8. The highest BCUT2D eigenvalue weighted by Crippen LogP contribution is 2.26. The van der Waals surface area contributed by atoms with Crippen molar-refractivity contribution in [1.82, 2.24) is 5.32 Å². The summed E-state index contributed by atoms with van der Waals surface area (Å²) >= 11 is 0. The zero-order valence-electron chi connectivity index (χ0n) is 10.8. The summed E-state index contributed by atoms with van der Waals surface area (Å²) in [5.41, 5.74) is 1.25. The van der Waals surface area contributed by atoms with Crippen LogP contribution in [-0.4, -0.2) is 11.1 Å². The monoisotopic (exact) mass is 233 g/mol. The molecule has 1 aromatic rings. The Balaban J connectivity index is 1.91. The highest BCUT2D eigenvalue weighted by atomic mass is 16.3. The molecule has 1 aliphatic carbocycles. The van der Waals surface area contributed by atoms with E-state index < -0.39 is 0 Å². The quantitative estimate of drug-likeness (QED) is 0.835. The van der Waals surface area contributed by atoms with Crippen LogP contribution in [0.1, 0.15) is 51.1 Å². The molecule has 3 unspecified atom stereocenters. The van der Waals surface area contributed by atoms with Gasteiger partial charge in [-0.1, -0.05) is 31.9 Å². The van der Waals surface area contributed by atoms with Gasteiger partial charge in [-0.2, -0.15) is 0 Å². The van der Waals surface area contributed by atoms with Crippen molar-refractivity contribution in [2.75, 3.05) is 0 Å². The number of aromatic hydroxyl groups is 1. The predicted molar refractivity (Wildman–Crippen MR) is 71.1 cm³/mol. The standard InChI is InChI=1S/C15H23NO/c1-11-4-3-5-14(10-11)16-12(2)13-6-8-15(17)9-7-13/h6-9,11-12,14,16-17H,3-5,10H2,1-2H3. The second-order valence-corrected chi connectivity index (χ2v) is 5.45. The molecule has 0 aromatic heterocycles. The van der Waals surface area contributed by atoms with E-state index in [4.69, 9.17) is 0 Å². The maximum atomic E-state index is 9.27. The average molecular weight is 233 g/mol. The lowest BCUT2D eigenvalue weighted by Gasteiger charge is -2.30. The third kappa shape index (κ3) is 3.47. The maximum absolute atomic E-state index is 9.27. The number of phenolic OH excluding ortho intramolecular Hbond substituents is 1. The van der Waals surface area contributed by atoms with E-state index >= 15 is 0 Å². The van der Waals surface area contributed by atoms with Crippen molar-refractivity contribution >= 4 is 0 Å². The highest BCUT2D eigenvalue weighted by molar-refractivity contribution is 5.27. The number of phenols is 1. The molecule has 0 heterocycles. The van der Waals surface area contributed by atoms with Gasteiger partial charge in [0.25, 0.3) is 0 Å². The van der Waals surface area contributed by atoms with Gasteiger partial charge >= 0.3 is 0 Å². The molecule has 1 aromatic carbocycles. The van der Waals surface area contributed by atoms with Crippen LogP contribution in [-0.2, 0) is 0 Å². The van der Waals surface area contributed by atoms with E-state index in [2.05, 4.69) is 19.2 Å². The predicted octanol–water partition coefficient (Wildman–Crippen LogP) is 3.62. The molecule has 1 aliphatic rings.